The predicted octanol–water partition coefficient (Wildman–Crippen LogP) is 2.33. The van der Waals surface area contributed by atoms with E-state index in [4.69, 9.17) is 9.47 Å². The van der Waals surface area contributed by atoms with E-state index >= 15 is 0 Å². The van der Waals surface area contributed by atoms with Crippen LogP contribution in [0.4, 0.5) is 0 Å². The third-order valence-corrected chi connectivity index (χ3v) is 2.56. The molecule has 0 unspecified atom stereocenters. The number of rotatable bonds is 4. The first-order valence-corrected chi connectivity index (χ1v) is 5.44. The van der Waals surface area contributed by atoms with E-state index in [1.165, 1.54) is 14.2 Å². The molecule has 0 aliphatic carbocycles. The number of carbonyl (C=O) groups is 1. The summed E-state index contributed by atoms with van der Waals surface area (Å²) in [4.78, 5) is 16.5. The minimum atomic E-state index is -0.218. The van der Waals surface area contributed by atoms with E-state index in [1.54, 1.807) is 36.5 Å². The molecule has 2 rings (SSSR count). The Morgan fingerprint density at radius 2 is 1.67 bits per heavy atom. The van der Waals surface area contributed by atoms with E-state index in [1.807, 2.05) is 6.07 Å². The van der Waals surface area contributed by atoms with Crippen molar-refractivity contribution in [1.29, 1.82) is 0 Å². The fraction of sp³-hybridized carbons (Fsp3) is 0.143. The quantitative estimate of drug-likeness (QED) is 0.773. The van der Waals surface area contributed by atoms with Crippen molar-refractivity contribution in [2.24, 2.45) is 0 Å². The largest absolute Gasteiger partial charge is 0.496 e. The van der Waals surface area contributed by atoms with Crippen LogP contribution in [-0.2, 0) is 0 Å². The lowest BCUT2D eigenvalue weighted by Crippen LogP contribution is -2.07. The van der Waals surface area contributed by atoms with Crippen LogP contribution in [-0.4, -0.2) is 25.0 Å². The summed E-state index contributed by atoms with van der Waals surface area (Å²) in [7, 11) is 3.04. The third kappa shape index (κ3) is 2.18. The van der Waals surface area contributed by atoms with Gasteiger partial charge in [0.15, 0.2) is 5.69 Å². The van der Waals surface area contributed by atoms with Crippen molar-refractivity contribution in [1.82, 2.24) is 4.98 Å². The molecule has 0 saturated heterocycles. The summed E-state index contributed by atoms with van der Waals surface area (Å²) in [5, 5.41) is 0. The molecule has 0 bridgehead atoms. The molecule has 2 aromatic rings. The van der Waals surface area contributed by atoms with E-state index in [2.05, 4.69) is 4.98 Å². The first-order valence-electron chi connectivity index (χ1n) is 5.44. The first kappa shape index (κ1) is 12.1. The van der Waals surface area contributed by atoms with Crippen molar-refractivity contribution in [3.8, 4) is 11.5 Å². The van der Waals surface area contributed by atoms with Crippen LogP contribution in [0, 0.1) is 0 Å². The van der Waals surface area contributed by atoms with Gasteiger partial charge in [0, 0.05) is 6.20 Å². The molecule has 0 spiro atoms. The standard InChI is InChI=1S/C14H13NO3/c1-17-11-7-4-3-6-10(11)14(16)13-12(18-2)8-5-9-15-13/h3-9H,1-2H3. The van der Waals surface area contributed by atoms with Crippen LogP contribution in [0.1, 0.15) is 16.1 Å². The summed E-state index contributed by atoms with van der Waals surface area (Å²) >= 11 is 0. The van der Waals surface area contributed by atoms with Gasteiger partial charge in [-0.15, -0.1) is 0 Å². The van der Waals surface area contributed by atoms with E-state index in [-0.39, 0.29) is 11.5 Å². The first-order chi connectivity index (χ1) is 8.77. The molecule has 0 N–H and O–H groups in total. The minimum Gasteiger partial charge on any atom is -0.496 e. The number of pyridine rings is 1. The zero-order chi connectivity index (χ0) is 13.0. The molecule has 1 aromatic heterocycles. The van der Waals surface area contributed by atoms with Crippen molar-refractivity contribution >= 4 is 5.78 Å². The van der Waals surface area contributed by atoms with Crippen molar-refractivity contribution in [3.63, 3.8) is 0 Å². The summed E-state index contributed by atoms with van der Waals surface area (Å²) in [5.74, 6) is 0.758. The summed E-state index contributed by atoms with van der Waals surface area (Å²) in [6.07, 6.45) is 1.56. The molecule has 0 fully saturated rings. The molecule has 0 aliphatic rings. The highest BCUT2D eigenvalue weighted by atomic mass is 16.5. The maximum atomic E-state index is 12.4. The van der Waals surface area contributed by atoms with Crippen LogP contribution in [0.25, 0.3) is 0 Å². The average molecular weight is 243 g/mol. The molecule has 0 radical (unpaired) electrons. The third-order valence-electron chi connectivity index (χ3n) is 2.56. The Morgan fingerprint density at radius 1 is 1.00 bits per heavy atom. The van der Waals surface area contributed by atoms with Crippen LogP contribution in [0.3, 0.4) is 0 Å². The molecule has 4 nitrogen and oxygen atoms in total. The topological polar surface area (TPSA) is 48.4 Å². The van der Waals surface area contributed by atoms with Gasteiger partial charge in [0.1, 0.15) is 11.5 Å². The smallest absolute Gasteiger partial charge is 0.218 e. The van der Waals surface area contributed by atoms with Gasteiger partial charge in [-0.3, -0.25) is 4.79 Å². The number of nitrogens with zero attached hydrogens (tertiary/aromatic N) is 1. The summed E-state index contributed by atoms with van der Waals surface area (Å²) in [5.41, 5.74) is 0.751. The summed E-state index contributed by atoms with van der Waals surface area (Å²) in [6.45, 7) is 0. The number of hydrogen-bond donors (Lipinski definition) is 0. The van der Waals surface area contributed by atoms with Crippen molar-refractivity contribution < 1.29 is 14.3 Å². The molecule has 0 aliphatic heterocycles. The number of benzene rings is 1. The average Bonchev–Trinajstić information content (AvgIpc) is 2.46. The highest BCUT2D eigenvalue weighted by Gasteiger charge is 2.18. The molecule has 0 amide bonds. The monoisotopic (exact) mass is 243 g/mol. The zero-order valence-corrected chi connectivity index (χ0v) is 10.2. The number of ether oxygens (including phenoxy) is 2. The van der Waals surface area contributed by atoms with Gasteiger partial charge in [0.05, 0.1) is 19.8 Å². The summed E-state index contributed by atoms with van der Waals surface area (Å²) in [6, 6.07) is 10.5. The Labute approximate surface area is 105 Å². The molecule has 0 saturated carbocycles. The van der Waals surface area contributed by atoms with Crippen LogP contribution < -0.4 is 9.47 Å². The SMILES string of the molecule is COc1ccccc1C(=O)c1ncccc1OC. The van der Waals surface area contributed by atoms with Crippen LogP contribution in [0.15, 0.2) is 42.6 Å². The van der Waals surface area contributed by atoms with Gasteiger partial charge in [0.25, 0.3) is 0 Å². The van der Waals surface area contributed by atoms with Gasteiger partial charge in [-0.25, -0.2) is 4.98 Å². The van der Waals surface area contributed by atoms with E-state index in [0.29, 0.717) is 17.1 Å². The maximum Gasteiger partial charge on any atom is 0.218 e. The molecule has 92 valence electrons. The molecular formula is C14H13NO3. The second-order valence-electron chi connectivity index (χ2n) is 3.58. The minimum absolute atomic E-state index is 0.218. The van der Waals surface area contributed by atoms with Gasteiger partial charge in [0.2, 0.25) is 5.78 Å². The van der Waals surface area contributed by atoms with Crippen LogP contribution in [0.2, 0.25) is 0 Å². The van der Waals surface area contributed by atoms with Gasteiger partial charge >= 0.3 is 0 Å². The Morgan fingerprint density at radius 3 is 2.39 bits per heavy atom. The van der Waals surface area contributed by atoms with Crippen LogP contribution in [0.5, 0.6) is 11.5 Å². The fourth-order valence-electron chi connectivity index (χ4n) is 1.69. The fourth-order valence-corrected chi connectivity index (χ4v) is 1.69. The number of aromatic nitrogens is 1. The Bertz CT molecular complexity index is 517. The van der Waals surface area contributed by atoms with Gasteiger partial charge in [-0.1, -0.05) is 12.1 Å². The van der Waals surface area contributed by atoms with Crippen LogP contribution >= 0.6 is 0 Å². The number of ketones is 1. The van der Waals surface area contributed by atoms with E-state index in [9.17, 15) is 4.79 Å². The normalized spacial score (nSPS) is 9.89. The highest BCUT2D eigenvalue weighted by Crippen LogP contribution is 2.24. The Kier molecular flexibility index (Phi) is 3.57. The van der Waals surface area contributed by atoms with E-state index in [0.717, 1.165) is 0 Å². The molecule has 0 atom stereocenters. The number of para-hydroxylation sites is 1. The Hall–Kier alpha value is -2.36. The molecule has 18 heavy (non-hydrogen) atoms. The summed E-state index contributed by atoms with van der Waals surface area (Å²) < 4.78 is 10.3. The molecule has 1 heterocycles. The van der Waals surface area contributed by atoms with Gasteiger partial charge in [-0.2, -0.15) is 0 Å². The Balaban J connectivity index is 2.48. The number of methoxy groups -OCH3 is 2. The lowest BCUT2D eigenvalue weighted by Gasteiger charge is -2.09. The second kappa shape index (κ2) is 5.31. The highest BCUT2D eigenvalue weighted by molar-refractivity contribution is 6.11. The predicted molar refractivity (Wildman–Crippen MR) is 67.2 cm³/mol. The zero-order valence-electron chi connectivity index (χ0n) is 10.2. The van der Waals surface area contributed by atoms with Gasteiger partial charge in [-0.05, 0) is 24.3 Å². The van der Waals surface area contributed by atoms with E-state index < -0.39 is 0 Å². The van der Waals surface area contributed by atoms with Crippen molar-refractivity contribution in [2.75, 3.05) is 14.2 Å². The lowest BCUT2D eigenvalue weighted by atomic mass is 10.1. The molecule has 4 heteroatoms. The van der Waals surface area contributed by atoms with Gasteiger partial charge < -0.3 is 9.47 Å². The maximum absolute atomic E-state index is 12.4. The van der Waals surface area contributed by atoms with Crippen molar-refractivity contribution in [3.05, 3.63) is 53.9 Å². The molecule has 1 aromatic carbocycles. The second-order valence-corrected chi connectivity index (χ2v) is 3.58. The molecular weight excluding hydrogens is 230 g/mol. The lowest BCUT2D eigenvalue weighted by molar-refractivity contribution is 0.102. The number of hydrogen-bond acceptors (Lipinski definition) is 4. The van der Waals surface area contributed by atoms with Crippen molar-refractivity contribution in [2.45, 2.75) is 0 Å². The number of carbonyl (C=O) groups excluding carboxylic acids is 1.